The molecule has 0 aliphatic carbocycles. The predicted octanol–water partition coefficient (Wildman–Crippen LogP) is 2.04. The van der Waals surface area contributed by atoms with E-state index in [0.29, 0.717) is 0 Å². The fraction of sp³-hybridized carbons (Fsp3) is 0.846. The van der Waals surface area contributed by atoms with Crippen molar-refractivity contribution in [3.8, 4) is 0 Å². The zero-order chi connectivity index (χ0) is 14.6. The van der Waals surface area contributed by atoms with Gasteiger partial charge in [-0.3, -0.25) is 9.79 Å². The van der Waals surface area contributed by atoms with E-state index in [1.54, 1.807) is 7.05 Å². The molecule has 0 aliphatic heterocycles. The quantitative estimate of drug-likeness (QED) is 0.586. The Morgan fingerprint density at radius 2 is 1.94 bits per heavy atom. The Balaban J connectivity index is 0. The SMILES string of the molecule is CCCCC(CC)C(=O)O.CN=C(NC)N(C)C. The van der Waals surface area contributed by atoms with Crippen molar-refractivity contribution >= 4 is 11.9 Å². The summed E-state index contributed by atoms with van der Waals surface area (Å²) in [7, 11) is 7.49. The van der Waals surface area contributed by atoms with Gasteiger partial charge in [-0.05, 0) is 12.8 Å². The number of nitrogens with one attached hydrogen (secondary N) is 1. The molecule has 0 aliphatic rings. The predicted molar refractivity (Wildman–Crippen MR) is 77.0 cm³/mol. The number of aliphatic carboxylic acids is 1. The number of rotatable bonds is 5. The minimum Gasteiger partial charge on any atom is -0.481 e. The monoisotopic (exact) mass is 259 g/mol. The van der Waals surface area contributed by atoms with Crippen molar-refractivity contribution in [3.63, 3.8) is 0 Å². The van der Waals surface area contributed by atoms with Gasteiger partial charge in [-0.1, -0.05) is 26.7 Å². The van der Waals surface area contributed by atoms with Gasteiger partial charge < -0.3 is 15.3 Å². The normalized spacial score (nSPS) is 12.2. The highest BCUT2D eigenvalue weighted by Crippen LogP contribution is 2.11. The molecule has 0 radical (unpaired) electrons. The molecule has 108 valence electrons. The smallest absolute Gasteiger partial charge is 0.306 e. The number of nitrogens with zero attached hydrogens (tertiary/aromatic N) is 2. The third kappa shape index (κ3) is 9.93. The fourth-order valence-electron chi connectivity index (χ4n) is 1.49. The van der Waals surface area contributed by atoms with Gasteiger partial charge >= 0.3 is 5.97 Å². The summed E-state index contributed by atoms with van der Waals surface area (Å²) < 4.78 is 0. The first-order valence-corrected chi connectivity index (χ1v) is 6.49. The van der Waals surface area contributed by atoms with Crippen LogP contribution >= 0.6 is 0 Å². The number of guanidine groups is 1. The Hall–Kier alpha value is -1.26. The maximum Gasteiger partial charge on any atom is 0.306 e. The third-order valence-corrected chi connectivity index (χ3v) is 2.61. The largest absolute Gasteiger partial charge is 0.481 e. The van der Waals surface area contributed by atoms with E-state index in [-0.39, 0.29) is 5.92 Å². The van der Waals surface area contributed by atoms with Gasteiger partial charge in [0, 0.05) is 28.2 Å². The van der Waals surface area contributed by atoms with Crippen molar-refractivity contribution in [2.75, 3.05) is 28.2 Å². The van der Waals surface area contributed by atoms with Crippen molar-refractivity contribution in [1.82, 2.24) is 10.2 Å². The lowest BCUT2D eigenvalue weighted by Crippen LogP contribution is -2.33. The van der Waals surface area contributed by atoms with E-state index in [2.05, 4.69) is 17.2 Å². The first-order valence-electron chi connectivity index (χ1n) is 6.49. The lowest BCUT2D eigenvalue weighted by atomic mass is 10.00. The van der Waals surface area contributed by atoms with Gasteiger partial charge in [0.05, 0.1) is 5.92 Å². The second-order valence-electron chi connectivity index (χ2n) is 4.28. The average Bonchev–Trinajstić information content (AvgIpc) is 2.31. The van der Waals surface area contributed by atoms with Gasteiger partial charge in [0.2, 0.25) is 0 Å². The highest BCUT2D eigenvalue weighted by Gasteiger charge is 2.12. The zero-order valence-corrected chi connectivity index (χ0v) is 12.7. The zero-order valence-electron chi connectivity index (χ0n) is 12.7. The molecule has 0 fully saturated rings. The van der Waals surface area contributed by atoms with Crippen molar-refractivity contribution in [2.24, 2.45) is 10.9 Å². The van der Waals surface area contributed by atoms with Crippen molar-refractivity contribution in [1.29, 1.82) is 0 Å². The maximum absolute atomic E-state index is 10.4. The van der Waals surface area contributed by atoms with Crippen LogP contribution in [-0.4, -0.2) is 50.1 Å². The molecular weight excluding hydrogens is 230 g/mol. The number of carbonyl (C=O) groups is 1. The van der Waals surface area contributed by atoms with E-state index < -0.39 is 5.97 Å². The molecule has 2 N–H and O–H groups in total. The van der Waals surface area contributed by atoms with Gasteiger partial charge in [0.15, 0.2) is 5.96 Å². The summed E-state index contributed by atoms with van der Waals surface area (Å²) >= 11 is 0. The molecule has 5 nitrogen and oxygen atoms in total. The van der Waals surface area contributed by atoms with Crippen LogP contribution in [0.5, 0.6) is 0 Å². The highest BCUT2D eigenvalue weighted by molar-refractivity contribution is 5.78. The number of hydrogen-bond donors (Lipinski definition) is 2. The van der Waals surface area contributed by atoms with Crippen LogP contribution in [-0.2, 0) is 4.79 Å². The van der Waals surface area contributed by atoms with Crippen LogP contribution < -0.4 is 5.32 Å². The molecule has 0 aromatic carbocycles. The lowest BCUT2D eigenvalue weighted by molar-refractivity contribution is -0.142. The number of aliphatic imine (C=N–C) groups is 1. The van der Waals surface area contributed by atoms with E-state index in [9.17, 15) is 4.79 Å². The minimum absolute atomic E-state index is 0.111. The Morgan fingerprint density at radius 1 is 1.39 bits per heavy atom. The van der Waals surface area contributed by atoms with E-state index in [0.717, 1.165) is 31.6 Å². The summed E-state index contributed by atoms with van der Waals surface area (Å²) in [4.78, 5) is 16.3. The molecule has 5 heteroatoms. The Kier molecular flexibility index (Phi) is 12.9. The molecule has 0 saturated carbocycles. The van der Waals surface area contributed by atoms with Crippen molar-refractivity contribution in [2.45, 2.75) is 39.5 Å². The average molecular weight is 259 g/mol. The van der Waals surface area contributed by atoms with Gasteiger partial charge in [-0.2, -0.15) is 0 Å². The molecule has 1 atom stereocenters. The van der Waals surface area contributed by atoms with Gasteiger partial charge in [0.25, 0.3) is 0 Å². The van der Waals surface area contributed by atoms with Crippen molar-refractivity contribution < 1.29 is 9.90 Å². The molecule has 0 heterocycles. The summed E-state index contributed by atoms with van der Waals surface area (Å²) in [6, 6.07) is 0. The van der Waals surface area contributed by atoms with E-state index in [1.165, 1.54) is 0 Å². The van der Waals surface area contributed by atoms with Crippen LogP contribution in [0.4, 0.5) is 0 Å². The summed E-state index contributed by atoms with van der Waals surface area (Å²) in [5.41, 5.74) is 0. The van der Waals surface area contributed by atoms with Crippen LogP contribution in [0, 0.1) is 5.92 Å². The molecule has 0 aromatic heterocycles. The summed E-state index contributed by atoms with van der Waals surface area (Å²) in [6.45, 7) is 4.00. The number of carboxylic acids is 1. The Morgan fingerprint density at radius 3 is 2.11 bits per heavy atom. The molecular formula is C13H29N3O2. The molecule has 1 unspecified atom stereocenters. The Bertz CT molecular complexity index is 240. The lowest BCUT2D eigenvalue weighted by Gasteiger charge is -2.12. The highest BCUT2D eigenvalue weighted by atomic mass is 16.4. The fourth-order valence-corrected chi connectivity index (χ4v) is 1.49. The number of carboxylic acid groups (broad SMARTS) is 1. The number of unbranched alkanes of at least 4 members (excludes halogenated alkanes) is 1. The second kappa shape index (κ2) is 12.2. The third-order valence-electron chi connectivity index (χ3n) is 2.61. The van der Waals surface area contributed by atoms with Crippen LogP contribution in [0.2, 0.25) is 0 Å². The van der Waals surface area contributed by atoms with Crippen LogP contribution in [0.1, 0.15) is 39.5 Å². The van der Waals surface area contributed by atoms with Crippen molar-refractivity contribution in [3.05, 3.63) is 0 Å². The summed E-state index contributed by atoms with van der Waals surface area (Å²) in [5, 5.41) is 11.5. The molecule has 0 aromatic rings. The molecule has 0 amide bonds. The number of hydrogen-bond acceptors (Lipinski definition) is 2. The molecule has 0 spiro atoms. The van der Waals surface area contributed by atoms with E-state index >= 15 is 0 Å². The van der Waals surface area contributed by atoms with E-state index in [4.69, 9.17) is 5.11 Å². The van der Waals surface area contributed by atoms with Crippen LogP contribution in [0.3, 0.4) is 0 Å². The van der Waals surface area contributed by atoms with E-state index in [1.807, 2.05) is 33.0 Å². The topological polar surface area (TPSA) is 64.9 Å². The summed E-state index contributed by atoms with van der Waals surface area (Å²) in [6.07, 6.45) is 3.71. The van der Waals surface area contributed by atoms with Crippen LogP contribution in [0.25, 0.3) is 0 Å². The molecule has 0 saturated heterocycles. The minimum atomic E-state index is -0.643. The molecule has 18 heavy (non-hydrogen) atoms. The molecule has 0 bridgehead atoms. The first-order chi connectivity index (χ1) is 8.44. The standard InChI is InChI=1S/C8H16O2.C5H13N3/c1-3-5-6-7(4-2)8(9)10;1-6-5(7-2)8(3)4/h7H,3-6H2,1-2H3,(H,9,10);1-4H3,(H,6,7). The second-order valence-corrected chi connectivity index (χ2v) is 4.28. The van der Waals surface area contributed by atoms with Gasteiger partial charge in [0.1, 0.15) is 0 Å². The summed E-state index contributed by atoms with van der Waals surface area (Å²) in [5.74, 6) is 0.140. The maximum atomic E-state index is 10.4. The van der Waals surface area contributed by atoms with Gasteiger partial charge in [-0.15, -0.1) is 0 Å². The Labute approximate surface area is 111 Å². The first kappa shape index (κ1) is 19.1. The molecule has 0 rings (SSSR count). The van der Waals surface area contributed by atoms with Gasteiger partial charge in [-0.25, -0.2) is 0 Å². The van der Waals surface area contributed by atoms with Crippen LogP contribution in [0.15, 0.2) is 4.99 Å².